The van der Waals surface area contributed by atoms with Gasteiger partial charge in [0.05, 0.1) is 18.2 Å². The Morgan fingerprint density at radius 3 is 2.64 bits per heavy atom. The van der Waals surface area contributed by atoms with E-state index >= 15 is 0 Å². The summed E-state index contributed by atoms with van der Waals surface area (Å²) in [7, 11) is -2.25. The summed E-state index contributed by atoms with van der Waals surface area (Å²) in [5.41, 5.74) is 2.53. The van der Waals surface area contributed by atoms with Crippen molar-refractivity contribution in [3.8, 4) is 11.6 Å². The number of rotatable bonds is 8. The van der Waals surface area contributed by atoms with E-state index in [1.807, 2.05) is 49.6 Å². The predicted octanol–water partition coefficient (Wildman–Crippen LogP) is 4.45. The first-order chi connectivity index (χ1) is 18.6. The number of sulfonamides is 1. The molecule has 1 saturated heterocycles. The molecule has 12 heteroatoms. The standard InChI is InChI=1S/C27H29N6O4S2/c1-17(13-19-9-6-5-7-10-19)24-30-31-25(37-24)21-14-20(15-23(29-21)32(3)39(4,35)36)27(34)33-12-8-11-22(33)26-28-18(2)16-38-26/h5-7,9-10,14-16,22H,8,11-13H2,1-4H3/t22-/m1/s1. The fourth-order valence-electron chi connectivity index (χ4n) is 4.51. The monoisotopic (exact) mass is 565 g/mol. The van der Waals surface area contributed by atoms with Gasteiger partial charge in [0.15, 0.2) is 0 Å². The van der Waals surface area contributed by atoms with Gasteiger partial charge in [-0.15, -0.1) is 21.5 Å². The highest BCUT2D eigenvalue weighted by molar-refractivity contribution is 7.92. The molecule has 4 aromatic rings. The molecule has 0 spiro atoms. The van der Waals surface area contributed by atoms with Crippen LogP contribution >= 0.6 is 11.3 Å². The summed E-state index contributed by atoms with van der Waals surface area (Å²) in [4.78, 5) is 24.7. The maximum atomic E-state index is 13.8. The number of amides is 1. The lowest BCUT2D eigenvalue weighted by atomic mass is 10.0. The van der Waals surface area contributed by atoms with Gasteiger partial charge in [0, 0.05) is 30.2 Å². The van der Waals surface area contributed by atoms with Gasteiger partial charge in [-0.05, 0) is 50.8 Å². The molecule has 0 unspecified atom stereocenters. The number of likely N-dealkylation sites (tertiary alicyclic amines) is 1. The number of carbonyl (C=O) groups excluding carboxylic acids is 1. The number of benzene rings is 1. The largest absolute Gasteiger partial charge is 0.419 e. The lowest BCUT2D eigenvalue weighted by Crippen LogP contribution is -2.31. The Balaban J connectivity index is 1.49. The summed E-state index contributed by atoms with van der Waals surface area (Å²) in [5, 5.41) is 11.2. The number of aromatic nitrogens is 4. The van der Waals surface area contributed by atoms with Crippen LogP contribution in [0.4, 0.5) is 5.82 Å². The van der Waals surface area contributed by atoms with Crippen molar-refractivity contribution in [3.05, 3.63) is 81.5 Å². The van der Waals surface area contributed by atoms with Crippen LogP contribution in [0.1, 0.15) is 58.3 Å². The highest BCUT2D eigenvalue weighted by Crippen LogP contribution is 2.36. The molecule has 4 heterocycles. The number of hydrogen-bond acceptors (Lipinski definition) is 9. The molecule has 1 fully saturated rings. The molecule has 39 heavy (non-hydrogen) atoms. The Morgan fingerprint density at radius 2 is 1.95 bits per heavy atom. The normalized spacial score (nSPS) is 15.7. The van der Waals surface area contributed by atoms with Crippen LogP contribution in [0.3, 0.4) is 0 Å². The SMILES string of the molecule is C[C](Cc1ccccc1)c1nnc(-c2cc(C(=O)N3CCC[C@@H]3c3nc(C)cs3)cc(N(C)S(C)(=O)=O)n2)o1. The predicted molar refractivity (Wildman–Crippen MR) is 149 cm³/mol. The quantitative estimate of drug-likeness (QED) is 0.307. The van der Waals surface area contributed by atoms with Crippen LogP contribution in [0.15, 0.2) is 52.3 Å². The van der Waals surface area contributed by atoms with Gasteiger partial charge in [0.25, 0.3) is 11.8 Å². The number of pyridine rings is 1. The van der Waals surface area contributed by atoms with E-state index in [1.54, 1.807) is 11.0 Å². The molecule has 5 rings (SSSR count). The third kappa shape index (κ3) is 5.86. The van der Waals surface area contributed by atoms with E-state index in [9.17, 15) is 13.2 Å². The maximum Gasteiger partial charge on any atom is 0.266 e. The number of nitrogens with zero attached hydrogens (tertiary/aromatic N) is 6. The zero-order chi connectivity index (χ0) is 27.7. The lowest BCUT2D eigenvalue weighted by molar-refractivity contribution is 0.0735. The second-order valence-electron chi connectivity index (χ2n) is 9.67. The molecule has 1 aliphatic heterocycles. The fourth-order valence-corrected chi connectivity index (χ4v) is 5.89. The third-order valence-corrected chi connectivity index (χ3v) is 8.88. The molecule has 0 N–H and O–H groups in total. The maximum absolute atomic E-state index is 13.8. The van der Waals surface area contributed by atoms with E-state index in [0.29, 0.717) is 18.9 Å². The van der Waals surface area contributed by atoms with Crippen molar-refractivity contribution in [1.29, 1.82) is 0 Å². The molecular formula is C27H29N6O4S2. The topological polar surface area (TPSA) is 122 Å². The zero-order valence-corrected chi connectivity index (χ0v) is 23.8. The summed E-state index contributed by atoms with van der Waals surface area (Å²) in [6.07, 6.45) is 3.38. The van der Waals surface area contributed by atoms with E-state index in [-0.39, 0.29) is 34.9 Å². The number of anilines is 1. The van der Waals surface area contributed by atoms with Gasteiger partial charge >= 0.3 is 0 Å². The molecule has 1 atom stereocenters. The molecule has 1 aromatic carbocycles. The lowest BCUT2D eigenvalue weighted by Gasteiger charge is -2.24. The summed E-state index contributed by atoms with van der Waals surface area (Å²) in [5.74, 6) is 1.18. The summed E-state index contributed by atoms with van der Waals surface area (Å²) in [6.45, 7) is 4.42. The molecular weight excluding hydrogens is 536 g/mol. The van der Waals surface area contributed by atoms with Crippen molar-refractivity contribution < 1.29 is 17.6 Å². The van der Waals surface area contributed by atoms with E-state index in [2.05, 4.69) is 20.2 Å². The van der Waals surface area contributed by atoms with Crippen molar-refractivity contribution >= 4 is 33.1 Å². The number of aryl methyl sites for hydroxylation is 1. The van der Waals surface area contributed by atoms with Crippen LogP contribution < -0.4 is 4.31 Å². The second kappa shape index (κ2) is 10.9. The van der Waals surface area contributed by atoms with Crippen LogP contribution in [0.5, 0.6) is 0 Å². The third-order valence-electron chi connectivity index (χ3n) is 6.64. The molecule has 203 valence electrons. The average molecular weight is 566 g/mol. The van der Waals surface area contributed by atoms with Gasteiger partial charge in [0.1, 0.15) is 16.5 Å². The molecule has 1 amide bonds. The Kier molecular flexibility index (Phi) is 7.50. The van der Waals surface area contributed by atoms with Crippen molar-refractivity contribution in [2.75, 3.05) is 24.2 Å². The smallest absolute Gasteiger partial charge is 0.266 e. The van der Waals surface area contributed by atoms with Crippen molar-refractivity contribution in [1.82, 2.24) is 25.1 Å². The minimum Gasteiger partial charge on any atom is -0.419 e. The van der Waals surface area contributed by atoms with Crippen molar-refractivity contribution in [3.63, 3.8) is 0 Å². The first-order valence-corrected chi connectivity index (χ1v) is 15.2. The van der Waals surface area contributed by atoms with Crippen LogP contribution in [0, 0.1) is 12.8 Å². The number of carbonyl (C=O) groups is 1. The molecule has 0 saturated carbocycles. The van der Waals surface area contributed by atoms with Crippen molar-refractivity contribution in [2.45, 2.75) is 39.2 Å². The molecule has 0 bridgehead atoms. The van der Waals surface area contributed by atoms with Gasteiger partial charge in [-0.3, -0.25) is 9.10 Å². The van der Waals surface area contributed by atoms with E-state index < -0.39 is 10.0 Å². The Morgan fingerprint density at radius 1 is 1.18 bits per heavy atom. The van der Waals surface area contributed by atoms with E-state index in [1.165, 1.54) is 24.5 Å². The first-order valence-electron chi connectivity index (χ1n) is 12.5. The Labute approximate surface area is 231 Å². The van der Waals surface area contributed by atoms with E-state index in [0.717, 1.165) is 45.6 Å². The van der Waals surface area contributed by atoms with Gasteiger partial charge < -0.3 is 9.32 Å². The van der Waals surface area contributed by atoms with E-state index in [4.69, 9.17) is 4.42 Å². The molecule has 0 aliphatic carbocycles. The van der Waals surface area contributed by atoms with Gasteiger partial charge in [0.2, 0.25) is 15.9 Å². The summed E-state index contributed by atoms with van der Waals surface area (Å²) >= 11 is 1.54. The zero-order valence-electron chi connectivity index (χ0n) is 22.2. The van der Waals surface area contributed by atoms with Crippen LogP contribution in [-0.2, 0) is 16.4 Å². The van der Waals surface area contributed by atoms with Gasteiger partial charge in [-0.25, -0.2) is 18.4 Å². The number of thiazole rings is 1. The summed E-state index contributed by atoms with van der Waals surface area (Å²) < 4.78 is 31.7. The average Bonchev–Trinajstić information content (AvgIpc) is 3.68. The van der Waals surface area contributed by atoms with Crippen LogP contribution in [0.25, 0.3) is 11.6 Å². The minimum atomic E-state index is -3.64. The summed E-state index contributed by atoms with van der Waals surface area (Å²) in [6, 6.07) is 12.9. The minimum absolute atomic E-state index is 0.0870. The number of hydrogen-bond donors (Lipinski definition) is 0. The Hall–Kier alpha value is -3.64. The van der Waals surface area contributed by atoms with Crippen LogP contribution in [0.2, 0.25) is 0 Å². The Bertz CT molecular complexity index is 1580. The molecule has 1 radical (unpaired) electrons. The highest BCUT2D eigenvalue weighted by Gasteiger charge is 2.33. The van der Waals surface area contributed by atoms with Gasteiger partial charge in [-0.1, -0.05) is 30.3 Å². The molecule has 1 aliphatic rings. The molecule has 10 nitrogen and oxygen atoms in total. The molecule has 3 aromatic heterocycles. The van der Waals surface area contributed by atoms with Gasteiger partial charge in [-0.2, -0.15) is 0 Å². The van der Waals surface area contributed by atoms with Crippen molar-refractivity contribution in [2.24, 2.45) is 0 Å². The fraction of sp³-hybridized carbons (Fsp3) is 0.333. The van der Waals surface area contributed by atoms with Crippen LogP contribution in [-0.4, -0.2) is 59.2 Å². The first kappa shape index (κ1) is 26.9. The second-order valence-corrected chi connectivity index (χ2v) is 12.6. The highest BCUT2D eigenvalue weighted by atomic mass is 32.2.